The number of para-hydroxylation sites is 1. The maximum absolute atomic E-state index is 13.3. The number of hydrogen-bond donors (Lipinski definition) is 0. The summed E-state index contributed by atoms with van der Waals surface area (Å²) in [4.78, 5) is 27.0. The van der Waals surface area contributed by atoms with Crippen molar-refractivity contribution in [1.82, 2.24) is 4.90 Å². The molecule has 4 rings (SSSR count). The van der Waals surface area contributed by atoms with Gasteiger partial charge in [0, 0.05) is 6.54 Å². The Balaban J connectivity index is 1.37. The first-order valence-corrected chi connectivity index (χ1v) is 14.0. The molecule has 1 fully saturated rings. The molecule has 0 aromatic heterocycles. The molecule has 0 radical (unpaired) electrons. The van der Waals surface area contributed by atoms with Crippen molar-refractivity contribution < 1.29 is 19.1 Å². The van der Waals surface area contributed by atoms with E-state index in [1.165, 1.54) is 12.7 Å². The third-order valence-electron chi connectivity index (χ3n) is 6.59. The molecule has 2 atom stereocenters. The summed E-state index contributed by atoms with van der Waals surface area (Å²) in [6.07, 6.45) is 5.89. The normalized spacial score (nSPS) is 17.1. The molecule has 3 aromatic rings. The van der Waals surface area contributed by atoms with Crippen LogP contribution in [0.5, 0.6) is 11.5 Å². The number of methoxy groups -OCH3 is 1. The van der Waals surface area contributed by atoms with Gasteiger partial charge in [0.1, 0.15) is 16.9 Å². The van der Waals surface area contributed by atoms with Crippen LogP contribution in [0, 0.1) is 0 Å². The van der Waals surface area contributed by atoms with Crippen LogP contribution in [0.3, 0.4) is 0 Å². The van der Waals surface area contributed by atoms with Gasteiger partial charge in [-0.15, -0.1) is 11.8 Å². The van der Waals surface area contributed by atoms with Crippen molar-refractivity contribution in [2.24, 2.45) is 0 Å². The van der Waals surface area contributed by atoms with Crippen LogP contribution < -0.4 is 4.74 Å². The van der Waals surface area contributed by atoms with Crippen molar-refractivity contribution in [2.75, 3.05) is 13.7 Å². The Labute approximate surface area is 224 Å². The number of esters is 1. The molecule has 2 unspecified atom stereocenters. The number of aryl methyl sites for hydroxylation is 1. The zero-order valence-corrected chi connectivity index (χ0v) is 22.4. The van der Waals surface area contributed by atoms with E-state index in [1.807, 2.05) is 54.6 Å². The lowest BCUT2D eigenvalue weighted by Crippen LogP contribution is -2.32. The van der Waals surface area contributed by atoms with E-state index >= 15 is 0 Å². The van der Waals surface area contributed by atoms with Crippen LogP contribution in [0.2, 0.25) is 0 Å². The molecule has 1 saturated heterocycles. The second-order valence-electron chi connectivity index (χ2n) is 9.28. The second kappa shape index (κ2) is 13.3. The number of rotatable bonds is 12. The molecule has 0 bridgehead atoms. The SMILES string of the molecule is CCCCC1SC(c2ccc(Oc3ccccc3)cc2)N(CCCCc2ccc(C(=O)OC)cc2)C1=O. The van der Waals surface area contributed by atoms with E-state index in [0.29, 0.717) is 5.56 Å². The lowest BCUT2D eigenvalue weighted by molar-refractivity contribution is -0.130. The van der Waals surface area contributed by atoms with E-state index in [-0.39, 0.29) is 22.5 Å². The van der Waals surface area contributed by atoms with Gasteiger partial charge in [-0.3, -0.25) is 4.79 Å². The quantitative estimate of drug-likeness (QED) is 0.185. The minimum absolute atomic E-state index is 0.0241. The minimum atomic E-state index is -0.320. The van der Waals surface area contributed by atoms with Gasteiger partial charge in [0.15, 0.2) is 0 Å². The standard InChI is InChI=1S/C31H35NO4S/c1-3-4-13-28-29(33)32(22-9-8-10-23-14-16-25(17-15-23)31(34)35-2)30(37-28)24-18-20-27(21-19-24)36-26-11-6-5-7-12-26/h5-7,11-12,14-21,28,30H,3-4,8-10,13,22H2,1-2H3. The summed E-state index contributed by atoms with van der Waals surface area (Å²) < 4.78 is 10.7. The Bertz CT molecular complexity index is 1150. The zero-order valence-electron chi connectivity index (χ0n) is 21.6. The van der Waals surface area contributed by atoms with Gasteiger partial charge in [-0.1, -0.05) is 62.2 Å². The topological polar surface area (TPSA) is 55.8 Å². The molecule has 37 heavy (non-hydrogen) atoms. The fourth-order valence-corrected chi connectivity index (χ4v) is 6.05. The maximum Gasteiger partial charge on any atom is 0.337 e. The molecule has 0 spiro atoms. The highest BCUT2D eigenvalue weighted by Gasteiger charge is 2.40. The Morgan fingerprint density at radius 2 is 1.59 bits per heavy atom. The molecular weight excluding hydrogens is 482 g/mol. The molecule has 194 valence electrons. The van der Waals surface area contributed by atoms with Gasteiger partial charge in [-0.2, -0.15) is 0 Å². The average molecular weight is 518 g/mol. The highest BCUT2D eigenvalue weighted by atomic mass is 32.2. The van der Waals surface area contributed by atoms with E-state index in [9.17, 15) is 9.59 Å². The number of carbonyl (C=O) groups excluding carboxylic acids is 2. The van der Waals surface area contributed by atoms with Crippen LogP contribution in [0.25, 0.3) is 0 Å². The van der Waals surface area contributed by atoms with Crippen LogP contribution in [-0.4, -0.2) is 35.7 Å². The van der Waals surface area contributed by atoms with Crippen LogP contribution in [0.15, 0.2) is 78.9 Å². The lowest BCUT2D eigenvalue weighted by atomic mass is 10.1. The molecule has 1 heterocycles. The first kappa shape index (κ1) is 26.8. The molecule has 6 heteroatoms. The Kier molecular flexibility index (Phi) is 9.66. The summed E-state index contributed by atoms with van der Waals surface area (Å²) >= 11 is 1.78. The number of nitrogens with zero attached hydrogens (tertiary/aromatic N) is 1. The number of benzene rings is 3. The number of ether oxygens (including phenoxy) is 2. The number of carbonyl (C=O) groups is 2. The third-order valence-corrected chi connectivity index (χ3v) is 8.14. The molecular formula is C31H35NO4S. The summed E-state index contributed by atoms with van der Waals surface area (Å²) in [5, 5.41) is 0.0514. The second-order valence-corrected chi connectivity index (χ2v) is 10.6. The first-order valence-electron chi connectivity index (χ1n) is 13.0. The number of hydrogen-bond acceptors (Lipinski definition) is 5. The van der Waals surface area contributed by atoms with Gasteiger partial charge >= 0.3 is 5.97 Å². The van der Waals surface area contributed by atoms with E-state index < -0.39 is 0 Å². The third kappa shape index (κ3) is 7.16. The monoisotopic (exact) mass is 517 g/mol. The number of unbranched alkanes of at least 4 members (excludes halogenated alkanes) is 2. The summed E-state index contributed by atoms with van der Waals surface area (Å²) in [6.45, 7) is 2.91. The smallest absolute Gasteiger partial charge is 0.337 e. The molecule has 1 aliphatic heterocycles. The van der Waals surface area contributed by atoms with Crippen molar-refractivity contribution in [3.63, 3.8) is 0 Å². The van der Waals surface area contributed by atoms with E-state index in [4.69, 9.17) is 9.47 Å². The van der Waals surface area contributed by atoms with Crippen LogP contribution >= 0.6 is 11.8 Å². The molecule has 1 aliphatic rings. The van der Waals surface area contributed by atoms with Gasteiger partial charge in [-0.05, 0) is 73.2 Å². The predicted molar refractivity (Wildman–Crippen MR) is 149 cm³/mol. The average Bonchev–Trinajstić information content (AvgIpc) is 3.25. The van der Waals surface area contributed by atoms with Crippen molar-refractivity contribution >= 4 is 23.6 Å². The van der Waals surface area contributed by atoms with E-state index in [1.54, 1.807) is 23.9 Å². The molecule has 5 nitrogen and oxygen atoms in total. The Morgan fingerprint density at radius 3 is 2.27 bits per heavy atom. The molecule has 0 aliphatic carbocycles. The Hall–Kier alpha value is -3.25. The van der Waals surface area contributed by atoms with Crippen molar-refractivity contribution in [3.05, 3.63) is 95.6 Å². The zero-order chi connectivity index (χ0) is 26.0. The van der Waals surface area contributed by atoms with Crippen LogP contribution in [0.4, 0.5) is 0 Å². The van der Waals surface area contributed by atoms with Crippen molar-refractivity contribution in [3.8, 4) is 11.5 Å². The summed E-state index contributed by atoms with van der Waals surface area (Å²) in [6, 6.07) is 25.5. The van der Waals surface area contributed by atoms with Gasteiger partial charge < -0.3 is 14.4 Å². The predicted octanol–water partition coefficient (Wildman–Crippen LogP) is 7.42. The molecule has 0 saturated carbocycles. The van der Waals surface area contributed by atoms with Crippen LogP contribution in [-0.2, 0) is 16.0 Å². The number of amides is 1. The summed E-state index contributed by atoms with van der Waals surface area (Å²) in [7, 11) is 1.39. The van der Waals surface area contributed by atoms with E-state index in [0.717, 1.165) is 62.1 Å². The fraction of sp³-hybridized carbons (Fsp3) is 0.355. The van der Waals surface area contributed by atoms with Crippen molar-refractivity contribution in [2.45, 2.75) is 56.1 Å². The van der Waals surface area contributed by atoms with Gasteiger partial charge in [0.25, 0.3) is 0 Å². The highest BCUT2D eigenvalue weighted by Crippen LogP contribution is 2.45. The Morgan fingerprint density at radius 1 is 0.892 bits per heavy atom. The lowest BCUT2D eigenvalue weighted by Gasteiger charge is -2.24. The van der Waals surface area contributed by atoms with Gasteiger partial charge in [0.05, 0.1) is 17.9 Å². The molecule has 3 aromatic carbocycles. The largest absolute Gasteiger partial charge is 0.465 e. The maximum atomic E-state index is 13.3. The first-order chi connectivity index (χ1) is 18.1. The minimum Gasteiger partial charge on any atom is -0.465 e. The number of thioether (sulfide) groups is 1. The van der Waals surface area contributed by atoms with Crippen LogP contribution in [0.1, 0.15) is 65.9 Å². The van der Waals surface area contributed by atoms with E-state index in [2.05, 4.69) is 24.0 Å². The highest BCUT2D eigenvalue weighted by molar-refractivity contribution is 8.01. The fourth-order valence-electron chi connectivity index (χ4n) is 4.52. The van der Waals surface area contributed by atoms with Crippen molar-refractivity contribution in [1.29, 1.82) is 0 Å². The van der Waals surface area contributed by atoms with Gasteiger partial charge in [0.2, 0.25) is 5.91 Å². The molecule has 1 amide bonds. The summed E-state index contributed by atoms with van der Waals surface area (Å²) in [5.74, 6) is 1.54. The molecule has 0 N–H and O–H groups in total. The van der Waals surface area contributed by atoms with Gasteiger partial charge in [-0.25, -0.2) is 4.79 Å². The summed E-state index contributed by atoms with van der Waals surface area (Å²) in [5.41, 5.74) is 2.88.